The van der Waals surface area contributed by atoms with Crippen molar-refractivity contribution < 1.29 is 17.9 Å². The first-order valence-corrected chi connectivity index (χ1v) is 8.66. The van der Waals surface area contributed by atoms with Crippen LogP contribution in [-0.4, -0.2) is 17.8 Å². The van der Waals surface area contributed by atoms with Crippen LogP contribution in [0, 0.1) is 0 Å². The van der Waals surface area contributed by atoms with Crippen LogP contribution in [-0.2, 0) is 0 Å². The number of hydrogen-bond donors (Lipinski definition) is 1. The number of alkyl halides is 3. The van der Waals surface area contributed by atoms with Gasteiger partial charge in [-0.25, -0.2) is 0 Å². The van der Waals surface area contributed by atoms with Gasteiger partial charge in [0.15, 0.2) is 5.43 Å². The van der Waals surface area contributed by atoms with Gasteiger partial charge in [0.25, 0.3) is 0 Å². The number of pyridine rings is 1. The summed E-state index contributed by atoms with van der Waals surface area (Å²) in [5.41, 5.74) is 1.21. The van der Waals surface area contributed by atoms with E-state index in [2.05, 4.69) is 4.98 Å². The number of H-pyrrole nitrogens is 1. The average molecular weight is 384 g/mol. The molecule has 1 heterocycles. The first-order valence-electron chi connectivity index (χ1n) is 8.28. The van der Waals surface area contributed by atoms with Crippen LogP contribution in [0.1, 0.15) is 25.7 Å². The van der Waals surface area contributed by atoms with E-state index in [0.717, 1.165) is 0 Å². The SMILES string of the molecule is O=c1c2ccc(Cl)cc2[nH]c2ccc(OCCCCCC(F)(F)F)cc12. The number of ether oxygens (including phenoxy) is 1. The first-order chi connectivity index (χ1) is 12.3. The van der Waals surface area contributed by atoms with Crippen molar-refractivity contribution in [3.8, 4) is 5.75 Å². The van der Waals surface area contributed by atoms with E-state index >= 15 is 0 Å². The molecule has 0 saturated carbocycles. The Kier molecular flexibility index (Phi) is 5.41. The molecule has 0 aliphatic rings. The van der Waals surface area contributed by atoms with Gasteiger partial charge in [0, 0.05) is 22.2 Å². The molecule has 0 saturated heterocycles. The molecule has 0 amide bonds. The zero-order valence-corrected chi connectivity index (χ0v) is 14.6. The molecule has 2 aromatic carbocycles. The Morgan fingerprint density at radius 2 is 1.77 bits per heavy atom. The number of aromatic amines is 1. The predicted molar refractivity (Wildman–Crippen MR) is 97.1 cm³/mol. The fourth-order valence-electron chi connectivity index (χ4n) is 2.81. The lowest BCUT2D eigenvalue weighted by atomic mass is 10.1. The molecule has 138 valence electrons. The summed E-state index contributed by atoms with van der Waals surface area (Å²) in [5.74, 6) is 0.520. The van der Waals surface area contributed by atoms with Gasteiger partial charge in [-0.1, -0.05) is 11.6 Å². The lowest BCUT2D eigenvalue weighted by Crippen LogP contribution is -2.07. The summed E-state index contributed by atoms with van der Waals surface area (Å²) in [6.07, 6.45) is -3.80. The van der Waals surface area contributed by atoms with Gasteiger partial charge in [-0.15, -0.1) is 0 Å². The summed E-state index contributed by atoms with van der Waals surface area (Å²) in [5, 5.41) is 1.57. The predicted octanol–water partition coefficient (Wildman–Crippen LogP) is 5.84. The molecule has 3 aromatic rings. The molecule has 0 aliphatic heterocycles. The molecule has 0 aliphatic carbocycles. The summed E-state index contributed by atoms with van der Waals surface area (Å²) in [6, 6.07) is 10.2. The zero-order chi connectivity index (χ0) is 18.7. The van der Waals surface area contributed by atoms with Gasteiger partial charge >= 0.3 is 6.18 Å². The molecule has 7 heteroatoms. The fourth-order valence-corrected chi connectivity index (χ4v) is 2.98. The van der Waals surface area contributed by atoms with Crippen molar-refractivity contribution in [2.24, 2.45) is 0 Å². The van der Waals surface area contributed by atoms with E-state index in [0.29, 0.717) is 52.0 Å². The quantitative estimate of drug-likeness (QED) is 0.429. The highest BCUT2D eigenvalue weighted by Crippen LogP contribution is 2.24. The second-order valence-corrected chi connectivity index (χ2v) is 6.56. The standard InChI is InChI=1S/C19H17ClF3NO2/c20-12-4-6-14-17(10-12)24-16-7-5-13(11-15(16)18(14)25)26-9-3-1-2-8-19(21,22)23/h4-7,10-11H,1-3,8-9H2,(H,24,25). The highest BCUT2D eigenvalue weighted by Gasteiger charge is 2.25. The number of fused-ring (bicyclic) bond motifs is 2. The van der Waals surface area contributed by atoms with Crippen LogP contribution in [0.2, 0.25) is 5.02 Å². The molecule has 26 heavy (non-hydrogen) atoms. The number of hydrogen-bond acceptors (Lipinski definition) is 2. The maximum absolute atomic E-state index is 12.6. The topological polar surface area (TPSA) is 42.1 Å². The molecule has 0 bridgehead atoms. The van der Waals surface area contributed by atoms with E-state index in [1.165, 1.54) is 0 Å². The Hall–Kier alpha value is -2.21. The lowest BCUT2D eigenvalue weighted by Gasteiger charge is -2.09. The molecule has 0 spiro atoms. The minimum atomic E-state index is -4.10. The van der Waals surface area contributed by atoms with Crippen molar-refractivity contribution in [3.63, 3.8) is 0 Å². The second kappa shape index (κ2) is 7.58. The molecule has 1 aromatic heterocycles. The molecule has 0 radical (unpaired) electrons. The molecule has 0 atom stereocenters. The fraction of sp³-hybridized carbons (Fsp3) is 0.316. The Morgan fingerprint density at radius 1 is 0.962 bits per heavy atom. The third-order valence-electron chi connectivity index (χ3n) is 4.10. The lowest BCUT2D eigenvalue weighted by molar-refractivity contribution is -0.135. The number of rotatable bonds is 6. The van der Waals surface area contributed by atoms with Crippen LogP contribution < -0.4 is 10.2 Å². The monoisotopic (exact) mass is 383 g/mol. The van der Waals surface area contributed by atoms with E-state index < -0.39 is 12.6 Å². The van der Waals surface area contributed by atoms with Crippen LogP contribution in [0.25, 0.3) is 21.8 Å². The molecular weight excluding hydrogens is 367 g/mol. The van der Waals surface area contributed by atoms with E-state index in [9.17, 15) is 18.0 Å². The van der Waals surface area contributed by atoms with Crippen LogP contribution in [0.4, 0.5) is 13.2 Å². The van der Waals surface area contributed by atoms with Gasteiger partial charge in [0.2, 0.25) is 0 Å². The van der Waals surface area contributed by atoms with Gasteiger partial charge < -0.3 is 9.72 Å². The Morgan fingerprint density at radius 3 is 2.54 bits per heavy atom. The minimum absolute atomic E-state index is 0.0960. The highest BCUT2D eigenvalue weighted by molar-refractivity contribution is 6.31. The Bertz CT molecular complexity index is 982. The highest BCUT2D eigenvalue weighted by atomic mass is 35.5. The summed E-state index contributed by atoms with van der Waals surface area (Å²) in [7, 11) is 0. The van der Waals surface area contributed by atoms with Crippen LogP contribution >= 0.6 is 11.6 Å². The maximum Gasteiger partial charge on any atom is 0.389 e. The number of nitrogens with one attached hydrogen (secondary N) is 1. The number of unbranched alkanes of at least 4 members (excludes halogenated alkanes) is 2. The Labute approximate surface area is 152 Å². The van der Waals surface area contributed by atoms with E-state index in [4.69, 9.17) is 16.3 Å². The third kappa shape index (κ3) is 4.49. The molecule has 1 N–H and O–H groups in total. The first kappa shape index (κ1) is 18.6. The number of halogens is 4. The molecule has 3 rings (SSSR count). The molecule has 3 nitrogen and oxygen atoms in total. The van der Waals surface area contributed by atoms with Crippen molar-refractivity contribution >= 4 is 33.4 Å². The van der Waals surface area contributed by atoms with Gasteiger partial charge in [-0.2, -0.15) is 13.2 Å². The number of benzene rings is 2. The van der Waals surface area contributed by atoms with Crippen molar-refractivity contribution in [1.29, 1.82) is 0 Å². The molecular formula is C19H17ClF3NO2. The van der Waals surface area contributed by atoms with Crippen molar-refractivity contribution in [2.45, 2.75) is 31.9 Å². The summed E-state index contributed by atoms with van der Waals surface area (Å²) < 4.78 is 41.8. The van der Waals surface area contributed by atoms with Crippen LogP contribution in [0.3, 0.4) is 0 Å². The van der Waals surface area contributed by atoms with Gasteiger partial charge in [0.05, 0.1) is 17.6 Å². The molecule has 0 fully saturated rings. The minimum Gasteiger partial charge on any atom is -0.494 e. The van der Waals surface area contributed by atoms with Crippen molar-refractivity contribution in [2.75, 3.05) is 6.61 Å². The second-order valence-electron chi connectivity index (χ2n) is 6.13. The third-order valence-corrected chi connectivity index (χ3v) is 4.34. The summed E-state index contributed by atoms with van der Waals surface area (Å²) in [6.45, 7) is 0.310. The summed E-state index contributed by atoms with van der Waals surface area (Å²) >= 11 is 5.96. The van der Waals surface area contributed by atoms with Crippen molar-refractivity contribution in [3.05, 3.63) is 51.6 Å². The largest absolute Gasteiger partial charge is 0.494 e. The van der Waals surface area contributed by atoms with Crippen LogP contribution in [0.15, 0.2) is 41.2 Å². The van der Waals surface area contributed by atoms with E-state index in [-0.39, 0.29) is 11.8 Å². The zero-order valence-electron chi connectivity index (χ0n) is 13.8. The van der Waals surface area contributed by atoms with Gasteiger partial charge in [-0.3, -0.25) is 4.79 Å². The Balaban J connectivity index is 1.69. The van der Waals surface area contributed by atoms with E-state index in [1.54, 1.807) is 36.4 Å². The number of aromatic nitrogens is 1. The van der Waals surface area contributed by atoms with Gasteiger partial charge in [-0.05, 0) is 55.7 Å². The van der Waals surface area contributed by atoms with Gasteiger partial charge in [0.1, 0.15) is 5.75 Å². The summed E-state index contributed by atoms with van der Waals surface area (Å²) in [4.78, 5) is 15.8. The van der Waals surface area contributed by atoms with E-state index in [1.807, 2.05) is 0 Å². The average Bonchev–Trinajstić information content (AvgIpc) is 2.57. The van der Waals surface area contributed by atoms with Crippen molar-refractivity contribution in [1.82, 2.24) is 4.98 Å². The normalized spacial score (nSPS) is 12.0. The smallest absolute Gasteiger partial charge is 0.389 e. The van der Waals surface area contributed by atoms with Crippen LogP contribution in [0.5, 0.6) is 5.75 Å². The molecule has 0 unspecified atom stereocenters. The maximum atomic E-state index is 12.6.